The van der Waals surface area contributed by atoms with Crippen molar-refractivity contribution in [3.63, 3.8) is 0 Å². The fourth-order valence-corrected chi connectivity index (χ4v) is 3.77. The molecule has 0 bridgehead atoms. The predicted octanol–water partition coefficient (Wildman–Crippen LogP) is 4.16. The molecule has 0 aromatic heterocycles. The molecule has 2 aromatic rings. The largest absolute Gasteiger partial charge is 0.397 e. The summed E-state index contributed by atoms with van der Waals surface area (Å²) in [5.74, 6) is 0. The molecule has 0 heterocycles. The summed E-state index contributed by atoms with van der Waals surface area (Å²) < 4.78 is 26.8. The van der Waals surface area contributed by atoms with Crippen LogP contribution in [0.2, 0.25) is 10.0 Å². The number of hydrogen-bond donors (Lipinski definition) is 1. The highest BCUT2D eigenvalue weighted by Crippen LogP contribution is 2.32. The fraction of sp³-hybridized carbons (Fsp3) is 0.0769. The number of benzene rings is 2. The molecule has 0 aliphatic rings. The highest BCUT2D eigenvalue weighted by atomic mass is 79.9. The minimum absolute atomic E-state index is 0.0978. The second kappa shape index (κ2) is 6.04. The Labute approximate surface area is 141 Å². The molecule has 112 valence electrons. The Morgan fingerprint density at radius 1 is 1.14 bits per heavy atom. The smallest absolute Gasteiger partial charge is 0.264 e. The summed E-state index contributed by atoms with van der Waals surface area (Å²) in [5.41, 5.74) is 6.46. The Morgan fingerprint density at radius 3 is 2.43 bits per heavy atom. The summed E-state index contributed by atoms with van der Waals surface area (Å²) in [6.07, 6.45) is 0. The van der Waals surface area contributed by atoms with Crippen molar-refractivity contribution in [2.24, 2.45) is 0 Å². The lowest BCUT2D eigenvalue weighted by Gasteiger charge is -2.21. The third kappa shape index (κ3) is 3.29. The van der Waals surface area contributed by atoms with Gasteiger partial charge in [-0.2, -0.15) is 0 Å². The van der Waals surface area contributed by atoms with Gasteiger partial charge in [0.15, 0.2) is 0 Å². The number of halogens is 3. The molecule has 0 atom stereocenters. The highest BCUT2D eigenvalue weighted by Gasteiger charge is 2.23. The zero-order valence-corrected chi connectivity index (χ0v) is 14.8. The first kappa shape index (κ1) is 16.4. The van der Waals surface area contributed by atoms with Crippen LogP contribution in [0.15, 0.2) is 45.8 Å². The Kier molecular flexibility index (Phi) is 4.72. The maximum Gasteiger partial charge on any atom is 0.264 e. The zero-order valence-electron chi connectivity index (χ0n) is 10.8. The molecule has 0 radical (unpaired) electrons. The van der Waals surface area contributed by atoms with Crippen LogP contribution in [0.1, 0.15) is 0 Å². The number of nitrogens with zero attached hydrogens (tertiary/aromatic N) is 1. The number of anilines is 2. The zero-order chi connectivity index (χ0) is 15.8. The maximum atomic E-state index is 12.6. The van der Waals surface area contributed by atoms with Gasteiger partial charge in [-0.3, -0.25) is 4.31 Å². The molecule has 0 saturated carbocycles. The minimum Gasteiger partial charge on any atom is -0.397 e. The van der Waals surface area contributed by atoms with E-state index in [0.29, 0.717) is 25.9 Å². The molecule has 8 heteroatoms. The second-order valence-electron chi connectivity index (χ2n) is 4.25. The van der Waals surface area contributed by atoms with Gasteiger partial charge in [0.2, 0.25) is 0 Å². The molecule has 0 unspecified atom stereocenters. The Balaban J connectivity index is 2.52. The summed E-state index contributed by atoms with van der Waals surface area (Å²) in [7, 11) is -2.35. The highest BCUT2D eigenvalue weighted by molar-refractivity contribution is 9.10. The lowest BCUT2D eigenvalue weighted by atomic mass is 10.3. The molecule has 0 aliphatic heterocycles. The van der Waals surface area contributed by atoms with E-state index in [9.17, 15) is 8.42 Å². The predicted molar refractivity (Wildman–Crippen MR) is 90.6 cm³/mol. The SMILES string of the molecule is CN(c1cc(Cl)ccc1N)S(=O)(=O)c1ccc(Cl)c(Br)c1. The lowest BCUT2D eigenvalue weighted by Crippen LogP contribution is -2.27. The van der Waals surface area contributed by atoms with Crippen molar-refractivity contribution < 1.29 is 8.42 Å². The van der Waals surface area contributed by atoms with Crippen molar-refractivity contribution in [1.82, 2.24) is 0 Å². The van der Waals surface area contributed by atoms with Crippen LogP contribution < -0.4 is 10.0 Å². The summed E-state index contributed by atoms with van der Waals surface area (Å²) in [6, 6.07) is 9.03. The summed E-state index contributed by atoms with van der Waals surface area (Å²) in [6.45, 7) is 0. The van der Waals surface area contributed by atoms with Gasteiger partial charge in [0.05, 0.1) is 21.3 Å². The first-order valence-electron chi connectivity index (χ1n) is 5.72. The van der Waals surface area contributed by atoms with Crippen LogP contribution in [0.25, 0.3) is 0 Å². The van der Waals surface area contributed by atoms with Gasteiger partial charge in [-0.15, -0.1) is 0 Å². The van der Waals surface area contributed by atoms with Crippen LogP contribution in [-0.4, -0.2) is 15.5 Å². The summed E-state index contributed by atoms with van der Waals surface area (Å²) in [5, 5.41) is 0.831. The topological polar surface area (TPSA) is 63.4 Å². The Hall–Kier alpha value is -0.950. The van der Waals surface area contributed by atoms with Crippen LogP contribution in [0.4, 0.5) is 11.4 Å². The second-order valence-corrected chi connectivity index (χ2v) is 7.92. The van der Waals surface area contributed by atoms with Crippen LogP contribution >= 0.6 is 39.1 Å². The van der Waals surface area contributed by atoms with E-state index in [0.717, 1.165) is 4.31 Å². The Morgan fingerprint density at radius 2 is 1.81 bits per heavy atom. The normalized spacial score (nSPS) is 11.4. The van der Waals surface area contributed by atoms with Crippen LogP contribution in [0.5, 0.6) is 0 Å². The molecular weight excluding hydrogens is 399 g/mol. The van der Waals surface area contributed by atoms with E-state index in [1.165, 1.54) is 31.3 Å². The van der Waals surface area contributed by atoms with Gasteiger partial charge < -0.3 is 5.73 Å². The quantitative estimate of drug-likeness (QED) is 0.774. The third-order valence-electron chi connectivity index (χ3n) is 2.88. The van der Waals surface area contributed by atoms with Gasteiger partial charge in [0, 0.05) is 16.5 Å². The molecule has 2 N–H and O–H groups in total. The molecule has 0 aliphatic carbocycles. The van der Waals surface area contributed by atoms with Gasteiger partial charge in [-0.1, -0.05) is 23.2 Å². The molecule has 0 fully saturated rings. The molecule has 0 amide bonds. The number of nitrogen functional groups attached to an aromatic ring is 1. The van der Waals surface area contributed by atoms with Crippen LogP contribution in [0, 0.1) is 0 Å². The van der Waals surface area contributed by atoms with Gasteiger partial charge in [0.25, 0.3) is 10.0 Å². The van der Waals surface area contributed by atoms with Crippen LogP contribution in [0.3, 0.4) is 0 Å². The summed E-state index contributed by atoms with van der Waals surface area (Å²) in [4.78, 5) is 0.0978. The van der Waals surface area contributed by atoms with Crippen molar-refractivity contribution in [3.05, 3.63) is 50.9 Å². The first-order chi connectivity index (χ1) is 9.73. The van der Waals surface area contributed by atoms with E-state index in [-0.39, 0.29) is 4.90 Å². The number of rotatable bonds is 3. The van der Waals surface area contributed by atoms with Gasteiger partial charge >= 0.3 is 0 Å². The van der Waals surface area contributed by atoms with Gasteiger partial charge in [-0.25, -0.2) is 8.42 Å². The van der Waals surface area contributed by atoms with Gasteiger partial charge in [-0.05, 0) is 52.3 Å². The summed E-state index contributed by atoms with van der Waals surface area (Å²) >= 11 is 15.0. The molecule has 4 nitrogen and oxygen atoms in total. The number of nitrogens with two attached hydrogens (primary N) is 1. The molecule has 0 spiro atoms. The van der Waals surface area contributed by atoms with Crippen molar-refractivity contribution in [2.75, 3.05) is 17.1 Å². The van der Waals surface area contributed by atoms with E-state index in [4.69, 9.17) is 28.9 Å². The average molecular weight is 410 g/mol. The molecule has 21 heavy (non-hydrogen) atoms. The van der Waals surface area contributed by atoms with Crippen molar-refractivity contribution in [3.8, 4) is 0 Å². The van der Waals surface area contributed by atoms with Crippen molar-refractivity contribution in [1.29, 1.82) is 0 Å². The number of hydrogen-bond acceptors (Lipinski definition) is 3. The monoisotopic (exact) mass is 408 g/mol. The molecule has 0 saturated heterocycles. The standard InChI is InChI=1S/C13H11BrCl2N2O2S/c1-18(13-6-8(15)2-5-12(13)17)21(19,20)9-3-4-11(16)10(14)7-9/h2-7H,17H2,1H3. The Bertz CT molecular complexity index is 797. The van der Waals surface area contributed by atoms with Gasteiger partial charge in [0.1, 0.15) is 0 Å². The van der Waals surface area contributed by atoms with Crippen molar-refractivity contribution in [2.45, 2.75) is 4.90 Å². The molecule has 2 rings (SSSR count). The molecule has 2 aromatic carbocycles. The van der Waals surface area contributed by atoms with E-state index >= 15 is 0 Å². The molecular formula is C13H11BrCl2N2O2S. The van der Waals surface area contributed by atoms with E-state index < -0.39 is 10.0 Å². The fourth-order valence-electron chi connectivity index (χ4n) is 1.71. The van der Waals surface area contributed by atoms with E-state index in [2.05, 4.69) is 15.9 Å². The average Bonchev–Trinajstić information content (AvgIpc) is 2.43. The van der Waals surface area contributed by atoms with Crippen molar-refractivity contribution >= 4 is 60.5 Å². The first-order valence-corrected chi connectivity index (χ1v) is 8.71. The van der Waals surface area contributed by atoms with E-state index in [1.54, 1.807) is 12.1 Å². The maximum absolute atomic E-state index is 12.6. The van der Waals surface area contributed by atoms with Crippen LogP contribution in [-0.2, 0) is 10.0 Å². The lowest BCUT2D eigenvalue weighted by molar-refractivity contribution is 0.594. The minimum atomic E-state index is -3.76. The third-order valence-corrected chi connectivity index (χ3v) is 6.10. The van der Waals surface area contributed by atoms with E-state index in [1.807, 2.05) is 0 Å². The number of sulfonamides is 1.